The molecule has 94 valence electrons. The van der Waals surface area contributed by atoms with E-state index < -0.39 is 0 Å². The second-order valence-corrected chi connectivity index (χ2v) is 6.06. The molecule has 2 nitrogen and oxygen atoms in total. The van der Waals surface area contributed by atoms with Crippen molar-refractivity contribution in [3.05, 3.63) is 29.8 Å². The van der Waals surface area contributed by atoms with Gasteiger partial charge < -0.3 is 10.5 Å². The molecular weight excluding hydrogens is 210 g/mol. The SMILES string of the molecule is CC(C)(C)c1ccccc1OCC(N)C1CC1. The standard InChI is InChI=1S/C15H23NO/c1-15(2,3)12-6-4-5-7-14(12)17-10-13(16)11-8-9-11/h4-7,11,13H,8-10,16H2,1-3H3. The van der Waals surface area contributed by atoms with Crippen LogP contribution in [0.25, 0.3) is 0 Å². The van der Waals surface area contributed by atoms with Crippen LogP contribution < -0.4 is 10.5 Å². The molecule has 1 aliphatic carbocycles. The summed E-state index contributed by atoms with van der Waals surface area (Å²) in [4.78, 5) is 0. The molecule has 17 heavy (non-hydrogen) atoms. The normalized spacial score (nSPS) is 17.9. The Kier molecular flexibility index (Phi) is 3.43. The minimum atomic E-state index is 0.111. The Morgan fingerprint density at radius 3 is 2.53 bits per heavy atom. The van der Waals surface area contributed by atoms with Crippen LogP contribution in [0.15, 0.2) is 24.3 Å². The van der Waals surface area contributed by atoms with Crippen LogP contribution >= 0.6 is 0 Å². The number of rotatable bonds is 4. The molecule has 0 aliphatic heterocycles. The van der Waals surface area contributed by atoms with Gasteiger partial charge in [-0.05, 0) is 35.8 Å². The highest BCUT2D eigenvalue weighted by atomic mass is 16.5. The Balaban J connectivity index is 2.04. The second-order valence-electron chi connectivity index (χ2n) is 6.06. The Morgan fingerprint density at radius 1 is 1.29 bits per heavy atom. The van der Waals surface area contributed by atoms with E-state index in [1.165, 1.54) is 18.4 Å². The van der Waals surface area contributed by atoms with E-state index in [0.29, 0.717) is 12.5 Å². The van der Waals surface area contributed by atoms with E-state index >= 15 is 0 Å². The number of hydrogen-bond donors (Lipinski definition) is 1. The van der Waals surface area contributed by atoms with E-state index in [4.69, 9.17) is 10.5 Å². The fourth-order valence-corrected chi connectivity index (χ4v) is 2.06. The van der Waals surface area contributed by atoms with E-state index in [9.17, 15) is 0 Å². The van der Waals surface area contributed by atoms with Gasteiger partial charge in [-0.3, -0.25) is 0 Å². The molecule has 1 aromatic rings. The molecule has 0 spiro atoms. The maximum Gasteiger partial charge on any atom is 0.123 e. The molecule has 1 fully saturated rings. The number of hydrogen-bond acceptors (Lipinski definition) is 2. The molecule has 1 aromatic carbocycles. The topological polar surface area (TPSA) is 35.2 Å². The molecule has 1 aliphatic rings. The zero-order chi connectivity index (χ0) is 12.5. The second kappa shape index (κ2) is 4.69. The molecule has 0 amide bonds. The van der Waals surface area contributed by atoms with Crippen LogP contribution in [0.3, 0.4) is 0 Å². The van der Waals surface area contributed by atoms with Crippen molar-refractivity contribution in [2.24, 2.45) is 11.7 Å². The van der Waals surface area contributed by atoms with Gasteiger partial charge in [0.05, 0.1) is 0 Å². The lowest BCUT2D eigenvalue weighted by atomic mass is 9.86. The van der Waals surface area contributed by atoms with Gasteiger partial charge in [0, 0.05) is 6.04 Å². The van der Waals surface area contributed by atoms with Gasteiger partial charge in [-0.25, -0.2) is 0 Å². The third-order valence-corrected chi connectivity index (χ3v) is 3.35. The van der Waals surface area contributed by atoms with E-state index in [0.717, 1.165) is 5.75 Å². The van der Waals surface area contributed by atoms with Crippen LogP contribution in [0.2, 0.25) is 0 Å². The van der Waals surface area contributed by atoms with Crippen LogP contribution in [-0.4, -0.2) is 12.6 Å². The molecule has 2 N–H and O–H groups in total. The van der Waals surface area contributed by atoms with Crippen LogP contribution in [0, 0.1) is 5.92 Å². The summed E-state index contributed by atoms with van der Waals surface area (Å²) < 4.78 is 5.90. The number of nitrogens with two attached hydrogens (primary N) is 1. The summed E-state index contributed by atoms with van der Waals surface area (Å²) in [7, 11) is 0. The van der Waals surface area contributed by atoms with Crippen molar-refractivity contribution >= 4 is 0 Å². The zero-order valence-corrected chi connectivity index (χ0v) is 11.1. The van der Waals surface area contributed by atoms with Crippen molar-refractivity contribution < 1.29 is 4.74 Å². The summed E-state index contributed by atoms with van der Waals surface area (Å²) >= 11 is 0. The Labute approximate surface area is 104 Å². The molecule has 0 saturated heterocycles. The highest BCUT2D eigenvalue weighted by molar-refractivity contribution is 5.38. The van der Waals surface area contributed by atoms with Gasteiger partial charge >= 0.3 is 0 Å². The molecular formula is C15H23NO. The number of ether oxygens (including phenoxy) is 1. The van der Waals surface area contributed by atoms with Crippen molar-refractivity contribution in [2.75, 3.05) is 6.61 Å². The highest BCUT2D eigenvalue weighted by Crippen LogP contribution is 2.33. The lowest BCUT2D eigenvalue weighted by Gasteiger charge is -2.23. The fourth-order valence-electron chi connectivity index (χ4n) is 2.06. The summed E-state index contributed by atoms with van der Waals surface area (Å²) in [6, 6.07) is 8.46. The lowest BCUT2D eigenvalue weighted by molar-refractivity contribution is 0.270. The van der Waals surface area contributed by atoms with Crippen molar-refractivity contribution in [3.63, 3.8) is 0 Å². The quantitative estimate of drug-likeness (QED) is 0.867. The first kappa shape index (κ1) is 12.4. The summed E-state index contributed by atoms with van der Waals surface area (Å²) in [5, 5.41) is 0. The Hall–Kier alpha value is -1.02. The van der Waals surface area contributed by atoms with Gasteiger partial charge in [0.1, 0.15) is 12.4 Å². The summed E-state index contributed by atoms with van der Waals surface area (Å²) in [6.07, 6.45) is 2.54. The van der Waals surface area contributed by atoms with Gasteiger partial charge in [0.25, 0.3) is 0 Å². The Bertz CT molecular complexity index is 377. The zero-order valence-electron chi connectivity index (χ0n) is 11.1. The van der Waals surface area contributed by atoms with Gasteiger partial charge in [-0.2, -0.15) is 0 Å². The van der Waals surface area contributed by atoms with E-state index in [1.54, 1.807) is 0 Å². The molecule has 1 atom stereocenters. The third kappa shape index (κ3) is 3.22. The smallest absolute Gasteiger partial charge is 0.123 e. The van der Waals surface area contributed by atoms with Crippen molar-refractivity contribution in [1.82, 2.24) is 0 Å². The first-order valence-electron chi connectivity index (χ1n) is 6.46. The summed E-state index contributed by atoms with van der Waals surface area (Å²) in [6.45, 7) is 7.25. The first-order chi connectivity index (χ1) is 7.98. The van der Waals surface area contributed by atoms with Crippen molar-refractivity contribution in [3.8, 4) is 5.75 Å². The predicted octanol–water partition coefficient (Wildman–Crippen LogP) is 3.10. The molecule has 1 saturated carbocycles. The van der Waals surface area contributed by atoms with Crippen LogP contribution in [0.1, 0.15) is 39.2 Å². The van der Waals surface area contributed by atoms with Crippen molar-refractivity contribution in [1.29, 1.82) is 0 Å². The van der Waals surface area contributed by atoms with Crippen LogP contribution in [0.5, 0.6) is 5.75 Å². The summed E-state index contributed by atoms with van der Waals surface area (Å²) in [5.74, 6) is 1.67. The lowest BCUT2D eigenvalue weighted by Crippen LogP contribution is -2.30. The predicted molar refractivity (Wildman–Crippen MR) is 71.3 cm³/mol. The molecule has 2 heteroatoms. The first-order valence-corrected chi connectivity index (χ1v) is 6.46. The van der Waals surface area contributed by atoms with E-state index in [2.05, 4.69) is 32.9 Å². The average Bonchev–Trinajstić information content (AvgIpc) is 3.08. The van der Waals surface area contributed by atoms with Gasteiger partial charge in [-0.15, -0.1) is 0 Å². The van der Waals surface area contributed by atoms with Gasteiger partial charge in [0.2, 0.25) is 0 Å². The fraction of sp³-hybridized carbons (Fsp3) is 0.600. The average molecular weight is 233 g/mol. The molecule has 0 heterocycles. The summed E-state index contributed by atoms with van der Waals surface area (Å²) in [5.41, 5.74) is 7.43. The monoisotopic (exact) mass is 233 g/mol. The van der Waals surface area contributed by atoms with Crippen molar-refractivity contribution in [2.45, 2.75) is 45.1 Å². The molecule has 0 radical (unpaired) electrons. The van der Waals surface area contributed by atoms with Gasteiger partial charge in [0.15, 0.2) is 0 Å². The van der Waals surface area contributed by atoms with E-state index in [1.807, 2.05) is 12.1 Å². The minimum absolute atomic E-state index is 0.111. The highest BCUT2D eigenvalue weighted by Gasteiger charge is 2.29. The third-order valence-electron chi connectivity index (χ3n) is 3.35. The van der Waals surface area contributed by atoms with Gasteiger partial charge in [-0.1, -0.05) is 39.0 Å². The Morgan fingerprint density at radius 2 is 1.94 bits per heavy atom. The molecule has 2 rings (SSSR count). The molecule has 0 bridgehead atoms. The largest absolute Gasteiger partial charge is 0.492 e. The minimum Gasteiger partial charge on any atom is -0.492 e. The van der Waals surface area contributed by atoms with Crippen LogP contribution in [-0.2, 0) is 5.41 Å². The number of benzene rings is 1. The number of para-hydroxylation sites is 1. The molecule has 0 aromatic heterocycles. The van der Waals surface area contributed by atoms with Crippen LogP contribution in [0.4, 0.5) is 0 Å². The maximum absolute atomic E-state index is 6.06. The maximum atomic E-state index is 6.06. The molecule has 1 unspecified atom stereocenters. The van der Waals surface area contributed by atoms with E-state index in [-0.39, 0.29) is 11.5 Å².